The number of carbonyl (C=O) groups is 1. The summed E-state index contributed by atoms with van der Waals surface area (Å²) in [4.78, 5) is 14.1. The lowest BCUT2D eigenvalue weighted by molar-refractivity contribution is 0.0658. The van der Waals surface area contributed by atoms with Crippen LogP contribution in [0.25, 0.3) is 0 Å². The van der Waals surface area contributed by atoms with Crippen molar-refractivity contribution < 1.29 is 14.6 Å². The van der Waals surface area contributed by atoms with Crippen molar-refractivity contribution in [3.63, 3.8) is 0 Å². The molecule has 0 fully saturated rings. The summed E-state index contributed by atoms with van der Waals surface area (Å²) in [5.41, 5.74) is 2.52. The summed E-state index contributed by atoms with van der Waals surface area (Å²) in [6.45, 7) is 1.81. The number of aliphatic hydroxyl groups excluding tert-OH is 1. The lowest BCUT2D eigenvalue weighted by atomic mass is 10.0. The van der Waals surface area contributed by atoms with Crippen LogP contribution in [0.1, 0.15) is 27.5 Å². The van der Waals surface area contributed by atoms with E-state index >= 15 is 0 Å². The Morgan fingerprint density at radius 3 is 2.45 bits per heavy atom. The van der Waals surface area contributed by atoms with Crippen molar-refractivity contribution in [1.82, 2.24) is 4.90 Å². The lowest BCUT2D eigenvalue weighted by Gasteiger charge is -2.27. The first kappa shape index (κ1) is 16.0. The summed E-state index contributed by atoms with van der Waals surface area (Å²) in [5.74, 6) is 0.631. The minimum atomic E-state index is -0.390. The van der Waals surface area contributed by atoms with Gasteiger partial charge in [-0.3, -0.25) is 4.79 Å². The van der Waals surface area contributed by atoms with Crippen LogP contribution in [-0.2, 0) is 0 Å². The summed E-state index contributed by atoms with van der Waals surface area (Å²) in [7, 11) is 3.31. The highest BCUT2D eigenvalue weighted by atomic mass is 16.5. The Kier molecular flexibility index (Phi) is 5.17. The molecule has 0 heterocycles. The van der Waals surface area contributed by atoms with E-state index in [1.165, 1.54) is 0 Å². The van der Waals surface area contributed by atoms with Crippen LogP contribution < -0.4 is 4.74 Å². The molecule has 2 rings (SSSR count). The number of benzene rings is 2. The average Bonchev–Trinajstić information content (AvgIpc) is 2.55. The van der Waals surface area contributed by atoms with Crippen LogP contribution in [0.4, 0.5) is 0 Å². The summed E-state index contributed by atoms with van der Waals surface area (Å²) in [6.07, 6.45) is 0. The molecule has 1 atom stereocenters. The molecule has 0 saturated carbocycles. The number of aliphatic hydroxyl groups is 1. The number of hydrogen-bond donors (Lipinski definition) is 1. The molecule has 4 nitrogen and oxygen atoms in total. The first-order valence-electron chi connectivity index (χ1n) is 7.15. The van der Waals surface area contributed by atoms with Gasteiger partial charge in [-0.15, -0.1) is 0 Å². The zero-order valence-electron chi connectivity index (χ0n) is 13.1. The molecule has 0 bridgehead atoms. The van der Waals surface area contributed by atoms with E-state index < -0.39 is 0 Å². The van der Waals surface area contributed by atoms with E-state index in [0.717, 1.165) is 16.9 Å². The third-order valence-corrected chi connectivity index (χ3v) is 3.73. The highest BCUT2D eigenvalue weighted by Gasteiger charge is 2.22. The Labute approximate surface area is 131 Å². The van der Waals surface area contributed by atoms with Gasteiger partial charge in [-0.25, -0.2) is 0 Å². The van der Waals surface area contributed by atoms with E-state index in [1.54, 1.807) is 25.1 Å². The number of methoxy groups -OCH3 is 1. The van der Waals surface area contributed by atoms with Gasteiger partial charge in [0, 0.05) is 12.6 Å². The van der Waals surface area contributed by atoms with Crippen LogP contribution in [0.15, 0.2) is 48.5 Å². The molecule has 1 unspecified atom stereocenters. The van der Waals surface area contributed by atoms with Gasteiger partial charge in [0.1, 0.15) is 5.75 Å². The van der Waals surface area contributed by atoms with Gasteiger partial charge >= 0.3 is 0 Å². The zero-order chi connectivity index (χ0) is 16.1. The highest BCUT2D eigenvalue weighted by Crippen LogP contribution is 2.23. The highest BCUT2D eigenvalue weighted by molar-refractivity contribution is 5.94. The van der Waals surface area contributed by atoms with E-state index in [9.17, 15) is 9.90 Å². The molecule has 4 heteroatoms. The van der Waals surface area contributed by atoms with Gasteiger partial charge in [0.15, 0.2) is 0 Å². The number of carbonyl (C=O) groups excluding carboxylic acids is 1. The van der Waals surface area contributed by atoms with Gasteiger partial charge in [0.2, 0.25) is 0 Å². The molecule has 1 N–H and O–H groups in total. The van der Waals surface area contributed by atoms with Crippen molar-refractivity contribution in [2.75, 3.05) is 20.8 Å². The maximum atomic E-state index is 12.6. The number of aryl methyl sites for hydroxylation is 1. The van der Waals surface area contributed by atoms with Crippen molar-refractivity contribution in [2.24, 2.45) is 0 Å². The first-order valence-corrected chi connectivity index (χ1v) is 7.15. The normalized spacial score (nSPS) is 11.8. The summed E-state index contributed by atoms with van der Waals surface area (Å²) in [5, 5.41) is 9.70. The largest absolute Gasteiger partial charge is 0.497 e. The Hall–Kier alpha value is -2.33. The van der Waals surface area contributed by atoms with Gasteiger partial charge in [-0.2, -0.15) is 0 Å². The van der Waals surface area contributed by atoms with Crippen LogP contribution in [-0.4, -0.2) is 36.7 Å². The molecule has 2 aromatic carbocycles. The van der Waals surface area contributed by atoms with E-state index in [4.69, 9.17) is 4.74 Å². The van der Waals surface area contributed by atoms with Crippen LogP contribution in [0, 0.1) is 6.92 Å². The number of likely N-dealkylation sites (N-methyl/N-ethyl adjacent to an activating group) is 1. The quantitative estimate of drug-likeness (QED) is 0.923. The number of nitrogens with zero attached hydrogens (tertiary/aromatic N) is 1. The Morgan fingerprint density at radius 2 is 1.91 bits per heavy atom. The second-order valence-electron chi connectivity index (χ2n) is 5.26. The van der Waals surface area contributed by atoms with E-state index in [1.807, 2.05) is 49.4 Å². The third-order valence-electron chi connectivity index (χ3n) is 3.73. The van der Waals surface area contributed by atoms with Crippen molar-refractivity contribution >= 4 is 5.91 Å². The van der Waals surface area contributed by atoms with Crippen molar-refractivity contribution in [1.29, 1.82) is 0 Å². The second kappa shape index (κ2) is 7.09. The standard InChI is InChI=1S/C18H21NO3/c1-13-5-4-6-15(11-13)18(21)19(2)17(12-20)14-7-9-16(22-3)10-8-14/h4-11,17,20H,12H2,1-3H3. The average molecular weight is 299 g/mol. The molecule has 0 saturated heterocycles. The Morgan fingerprint density at radius 1 is 1.23 bits per heavy atom. The van der Waals surface area contributed by atoms with Gasteiger partial charge in [-0.1, -0.05) is 29.8 Å². The topological polar surface area (TPSA) is 49.8 Å². The number of amides is 1. The number of rotatable bonds is 5. The molecule has 0 aliphatic carbocycles. The maximum absolute atomic E-state index is 12.6. The minimum absolute atomic E-state index is 0.112. The van der Waals surface area contributed by atoms with Crippen LogP contribution in [0.2, 0.25) is 0 Å². The molecule has 22 heavy (non-hydrogen) atoms. The first-order chi connectivity index (χ1) is 10.6. The smallest absolute Gasteiger partial charge is 0.254 e. The molecule has 0 aromatic heterocycles. The lowest BCUT2D eigenvalue weighted by Crippen LogP contribution is -2.33. The summed E-state index contributed by atoms with van der Waals surface area (Å²) >= 11 is 0. The zero-order valence-corrected chi connectivity index (χ0v) is 13.1. The summed E-state index contributed by atoms with van der Waals surface area (Å²) < 4.78 is 5.13. The van der Waals surface area contributed by atoms with Crippen molar-refractivity contribution in [3.05, 3.63) is 65.2 Å². The monoisotopic (exact) mass is 299 g/mol. The molecule has 1 amide bonds. The number of hydrogen-bond acceptors (Lipinski definition) is 3. The fourth-order valence-corrected chi connectivity index (χ4v) is 2.40. The molecule has 2 aromatic rings. The molecule has 116 valence electrons. The van der Waals surface area contributed by atoms with Crippen LogP contribution in [0.3, 0.4) is 0 Å². The van der Waals surface area contributed by atoms with E-state index in [-0.39, 0.29) is 18.6 Å². The molecule has 0 aliphatic rings. The third kappa shape index (κ3) is 3.46. The predicted octanol–water partition coefficient (Wildman–Crippen LogP) is 2.81. The number of ether oxygens (including phenoxy) is 1. The Bertz CT molecular complexity index is 637. The SMILES string of the molecule is COc1ccc(C(CO)N(C)C(=O)c2cccc(C)c2)cc1. The maximum Gasteiger partial charge on any atom is 0.254 e. The summed E-state index contributed by atoms with van der Waals surface area (Å²) in [6, 6.07) is 14.4. The van der Waals surface area contributed by atoms with Gasteiger partial charge in [-0.05, 0) is 36.8 Å². The molecular weight excluding hydrogens is 278 g/mol. The van der Waals surface area contributed by atoms with E-state index in [2.05, 4.69) is 0 Å². The van der Waals surface area contributed by atoms with Gasteiger partial charge in [0.25, 0.3) is 5.91 Å². The van der Waals surface area contributed by atoms with Crippen molar-refractivity contribution in [3.8, 4) is 5.75 Å². The molecule has 0 spiro atoms. The van der Waals surface area contributed by atoms with Crippen LogP contribution >= 0.6 is 0 Å². The molecule has 0 radical (unpaired) electrons. The second-order valence-corrected chi connectivity index (χ2v) is 5.26. The molecular formula is C18H21NO3. The van der Waals surface area contributed by atoms with E-state index in [0.29, 0.717) is 5.56 Å². The fraction of sp³-hybridized carbons (Fsp3) is 0.278. The fourth-order valence-electron chi connectivity index (χ4n) is 2.40. The predicted molar refractivity (Wildman–Crippen MR) is 86.1 cm³/mol. The Balaban J connectivity index is 2.23. The van der Waals surface area contributed by atoms with Gasteiger partial charge < -0.3 is 14.7 Å². The molecule has 0 aliphatic heterocycles. The van der Waals surface area contributed by atoms with Crippen LogP contribution in [0.5, 0.6) is 5.75 Å². The van der Waals surface area contributed by atoms with Crippen molar-refractivity contribution in [2.45, 2.75) is 13.0 Å². The van der Waals surface area contributed by atoms with Gasteiger partial charge in [0.05, 0.1) is 19.8 Å². The minimum Gasteiger partial charge on any atom is -0.497 e.